The van der Waals surface area contributed by atoms with E-state index in [0.29, 0.717) is 11.5 Å². The summed E-state index contributed by atoms with van der Waals surface area (Å²) in [5, 5.41) is 7.04. The van der Waals surface area contributed by atoms with Crippen LogP contribution >= 0.6 is 0 Å². The molecular weight excluding hydrogens is 318 g/mol. The molecule has 2 aromatic carbocycles. The molecule has 1 amide bonds. The van der Waals surface area contributed by atoms with Crippen LogP contribution in [-0.4, -0.2) is 25.1 Å². The van der Waals surface area contributed by atoms with Crippen LogP contribution in [0.2, 0.25) is 0 Å². The van der Waals surface area contributed by atoms with Gasteiger partial charge < -0.3 is 20.1 Å². The number of fused-ring (bicyclic) bond motifs is 1. The molecule has 0 unspecified atom stereocenters. The molecule has 6 nitrogen and oxygen atoms in total. The van der Waals surface area contributed by atoms with Gasteiger partial charge in [-0.25, -0.2) is 0 Å². The molecular formula is C19H19N3O3. The van der Waals surface area contributed by atoms with Crippen molar-refractivity contribution in [3.05, 3.63) is 48.7 Å². The van der Waals surface area contributed by atoms with Crippen LogP contribution in [0.15, 0.2) is 48.7 Å². The summed E-state index contributed by atoms with van der Waals surface area (Å²) >= 11 is 0. The Hall–Kier alpha value is -3.28. The Balaban J connectivity index is 2.00. The monoisotopic (exact) mass is 337 g/mol. The SMILES string of the molecule is COc1cc2nccc(Nc3cccc(NC(C)=O)c3)c2cc1OC. The number of carbonyl (C=O) groups is 1. The van der Waals surface area contributed by atoms with E-state index in [2.05, 4.69) is 15.6 Å². The van der Waals surface area contributed by atoms with E-state index in [1.165, 1.54) is 6.92 Å². The van der Waals surface area contributed by atoms with E-state index in [0.717, 1.165) is 28.0 Å². The van der Waals surface area contributed by atoms with Gasteiger partial charge in [-0.3, -0.25) is 9.78 Å². The van der Waals surface area contributed by atoms with Crippen LogP contribution in [0.4, 0.5) is 17.1 Å². The molecule has 6 heteroatoms. The average Bonchev–Trinajstić information content (AvgIpc) is 2.60. The Morgan fingerprint density at radius 2 is 1.72 bits per heavy atom. The van der Waals surface area contributed by atoms with Crippen molar-refractivity contribution in [2.24, 2.45) is 0 Å². The quantitative estimate of drug-likeness (QED) is 0.737. The molecule has 1 heterocycles. The number of rotatable bonds is 5. The zero-order valence-corrected chi connectivity index (χ0v) is 14.3. The average molecular weight is 337 g/mol. The van der Waals surface area contributed by atoms with Crippen LogP contribution in [0.25, 0.3) is 10.9 Å². The first kappa shape index (κ1) is 16.6. The fourth-order valence-corrected chi connectivity index (χ4v) is 2.62. The molecule has 0 saturated heterocycles. The highest BCUT2D eigenvalue weighted by Crippen LogP contribution is 2.35. The first-order valence-corrected chi connectivity index (χ1v) is 7.76. The second-order valence-corrected chi connectivity index (χ2v) is 5.47. The molecule has 0 aliphatic carbocycles. The molecule has 3 rings (SSSR count). The van der Waals surface area contributed by atoms with Crippen LogP contribution in [0, 0.1) is 0 Å². The standard InChI is InChI=1S/C19H19N3O3/c1-12(23)21-13-5-4-6-14(9-13)22-16-7-8-20-17-11-19(25-3)18(24-2)10-15(16)17/h4-11H,1-3H3,(H,20,22)(H,21,23). The first-order valence-electron chi connectivity index (χ1n) is 7.76. The fourth-order valence-electron chi connectivity index (χ4n) is 2.62. The lowest BCUT2D eigenvalue weighted by Crippen LogP contribution is -2.05. The maximum absolute atomic E-state index is 11.2. The lowest BCUT2D eigenvalue weighted by molar-refractivity contribution is -0.114. The van der Waals surface area contributed by atoms with Crippen molar-refractivity contribution in [1.82, 2.24) is 4.98 Å². The third-order valence-corrected chi connectivity index (χ3v) is 3.71. The van der Waals surface area contributed by atoms with Gasteiger partial charge in [0.1, 0.15) is 0 Å². The van der Waals surface area contributed by atoms with Gasteiger partial charge in [-0.2, -0.15) is 0 Å². The number of nitrogens with one attached hydrogen (secondary N) is 2. The van der Waals surface area contributed by atoms with Crippen molar-refractivity contribution >= 4 is 33.9 Å². The highest BCUT2D eigenvalue weighted by molar-refractivity contribution is 5.95. The second-order valence-electron chi connectivity index (χ2n) is 5.47. The van der Waals surface area contributed by atoms with Crippen LogP contribution < -0.4 is 20.1 Å². The van der Waals surface area contributed by atoms with E-state index >= 15 is 0 Å². The maximum atomic E-state index is 11.2. The molecule has 0 aliphatic rings. The molecule has 0 bridgehead atoms. The molecule has 25 heavy (non-hydrogen) atoms. The number of pyridine rings is 1. The van der Waals surface area contributed by atoms with Crippen molar-refractivity contribution < 1.29 is 14.3 Å². The number of ether oxygens (including phenoxy) is 2. The third kappa shape index (κ3) is 3.63. The Labute approximate surface area is 145 Å². The van der Waals surface area contributed by atoms with Crippen LogP contribution in [0.5, 0.6) is 11.5 Å². The van der Waals surface area contributed by atoms with E-state index in [9.17, 15) is 4.79 Å². The van der Waals surface area contributed by atoms with Crippen molar-refractivity contribution in [1.29, 1.82) is 0 Å². The Morgan fingerprint density at radius 3 is 2.44 bits per heavy atom. The van der Waals surface area contributed by atoms with Gasteiger partial charge in [-0.15, -0.1) is 0 Å². The fraction of sp³-hybridized carbons (Fsp3) is 0.158. The number of anilines is 3. The smallest absolute Gasteiger partial charge is 0.221 e. The maximum Gasteiger partial charge on any atom is 0.221 e. The number of amides is 1. The van der Waals surface area contributed by atoms with Gasteiger partial charge in [-0.05, 0) is 30.3 Å². The predicted molar refractivity (Wildman–Crippen MR) is 98.9 cm³/mol. The van der Waals surface area contributed by atoms with Crippen molar-refractivity contribution in [3.63, 3.8) is 0 Å². The largest absolute Gasteiger partial charge is 0.493 e. The summed E-state index contributed by atoms with van der Waals surface area (Å²) in [6.45, 7) is 1.48. The summed E-state index contributed by atoms with van der Waals surface area (Å²) in [5.41, 5.74) is 3.26. The summed E-state index contributed by atoms with van der Waals surface area (Å²) in [7, 11) is 3.20. The normalized spacial score (nSPS) is 10.4. The molecule has 2 N–H and O–H groups in total. The van der Waals surface area contributed by atoms with Crippen LogP contribution in [-0.2, 0) is 4.79 Å². The van der Waals surface area contributed by atoms with E-state index < -0.39 is 0 Å². The van der Waals surface area contributed by atoms with E-state index in [1.807, 2.05) is 42.5 Å². The molecule has 0 saturated carbocycles. The lowest BCUT2D eigenvalue weighted by atomic mass is 10.1. The van der Waals surface area contributed by atoms with Crippen molar-refractivity contribution in [3.8, 4) is 11.5 Å². The van der Waals surface area contributed by atoms with Crippen molar-refractivity contribution in [2.75, 3.05) is 24.9 Å². The van der Waals surface area contributed by atoms with Gasteiger partial charge >= 0.3 is 0 Å². The third-order valence-electron chi connectivity index (χ3n) is 3.71. The molecule has 128 valence electrons. The van der Waals surface area contributed by atoms with Gasteiger partial charge in [0.05, 0.1) is 19.7 Å². The van der Waals surface area contributed by atoms with E-state index in [1.54, 1.807) is 20.4 Å². The summed E-state index contributed by atoms with van der Waals surface area (Å²) in [6.07, 6.45) is 1.73. The number of nitrogens with zero attached hydrogens (tertiary/aromatic N) is 1. The Morgan fingerprint density at radius 1 is 1.00 bits per heavy atom. The Kier molecular flexibility index (Phi) is 4.70. The minimum Gasteiger partial charge on any atom is -0.493 e. The summed E-state index contributed by atoms with van der Waals surface area (Å²) in [6, 6.07) is 13.1. The van der Waals surface area contributed by atoms with Crippen molar-refractivity contribution in [2.45, 2.75) is 6.92 Å². The molecule has 3 aromatic rings. The molecule has 1 aromatic heterocycles. The van der Waals surface area contributed by atoms with Gasteiger partial charge in [-0.1, -0.05) is 6.07 Å². The number of aromatic nitrogens is 1. The first-order chi connectivity index (χ1) is 12.1. The molecule has 0 atom stereocenters. The van der Waals surface area contributed by atoms with Crippen LogP contribution in [0.1, 0.15) is 6.92 Å². The molecule has 0 fully saturated rings. The molecule has 0 radical (unpaired) electrons. The summed E-state index contributed by atoms with van der Waals surface area (Å²) < 4.78 is 10.7. The highest BCUT2D eigenvalue weighted by Gasteiger charge is 2.10. The molecule has 0 spiro atoms. The zero-order chi connectivity index (χ0) is 17.8. The van der Waals surface area contributed by atoms with Gasteiger partial charge in [0, 0.05) is 41.6 Å². The number of hydrogen-bond acceptors (Lipinski definition) is 5. The van der Waals surface area contributed by atoms with Gasteiger partial charge in [0.15, 0.2) is 11.5 Å². The predicted octanol–water partition coefficient (Wildman–Crippen LogP) is 3.95. The number of benzene rings is 2. The van der Waals surface area contributed by atoms with Crippen LogP contribution in [0.3, 0.4) is 0 Å². The zero-order valence-electron chi connectivity index (χ0n) is 14.3. The van der Waals surface area contributed by atoms with Gasteiger partial charge in [0.25, 0.3) is 0 Å². The highest BCUT2D eigenvalue weighted by atomic mass is 16.5. The van der Waals surface area contributed by atoms with Gasteiger partial charge in [0.2, 0.25) is 5.91 Å². The second kappa shape index (κ2) is 7.09. The number of hydrogen-bond donors (Lipinski definition) is 2. The summed E-state index contributed by atoms with van der Waals surface area (Å²) in [4.78, 5) is 15.6. The van der Waals surface area contributed by atoms with E-state index in [4.69, 9.17) is 9.47 Å². The summed E-state index contributed by atoms with van der Waals surface area (Å²) in [5.74, 6) is 1.16. The lowest BCUT2D eigenvalue weighted by Gasteiger charge is -2.13. The Bertz CT molecular complexity index is 925. The minimum atomic E-state index is -0.108. The molecule has 0 aliphatic heterocycles. The van der Waals surface area contributed by atoms with E-state index in [-0.39, 0.29) is 5.91 Å². The topological polar surface area (TPSA) is 72.5 Å². The minimum absolute atomic E-state index is 0.108. The number of methoxy groups -OCH3 is 2. The number of carbonyl (C=O) groups excluding carboxylic acids is 1.